The lowest BCUT2D eigenvalue weighted by Crippen LogP contribution is -2.38. The van der Waals surface area contributed by atoms with E-state index < -0.39 is 35.5 Å². The summed E-state index contributed by atoms with van der Waals surface area (Å²) in [4.78, 5) is 30.7. The molecule has 0 saturated heterocycles. The number of rotatable bonds is 9. The lowest BCUT2D eigenvalue weighted by Gasteiger charge is -2.28. The Balaban J connectivity index is 1.65. The summed E-state index contributed by atoms with van der Waals surface area (Å²) in [6.45, 7) is 5.34. The second-order valence-corrected chi connectivity index (χ2v) is 9.85. The van der Waals surface area contributed by atoms with Gasteiger partial charge in [0.05, 0.1) is 11.3 Å². The maximum atomic E-state index is 13.9. The minimum Gasteiger partial charge on any atom is -0.478 e. The maximum Gasteiger partial charge on any atom is 0.421 e. The first-order chi connectivity index (χ1) is 18.9. The van der Waals surface area contributed by atoms with E-state index in [0.717, 1.165) is 17.7 Å². The van der Waals surface area contributed by atoms with Crippen LogP contribution in [0.5, 0.6) is 11.6 Å². The molecule has 0 unspecified atom stereocenters. The molecule has 4 rings (SSSR count). The number of aromatic nitrogens is 3. The molecule has 0 spiro atoms. The second-order valence-electron chi connectivity index (χ2n) is 9.01. The lowest BCUT2D eigenvalue weighted by atomic mass is 10.1. The summed E-state index contributed by atoms with van der Waals surface area (Å²) in [6, 6.07) is 11.0. The molecule has 2 aromatic carbocycles. The van der Waals surface area contributed by atoms with E-state index >= 15 is 0 Å². The van der Waals surface area contributed by atoms with Crippen LogP contribution in [0.15, 0.2) is 60.2 Å². The fourth-order valence-electron chi connectivity index (χ4n) is 3.83. The highest BCUT2D eigenvalue weighted by Crippen LogP contribution is 2.38. The zero-order valence-corrected chi connectivity index (χ0v) is 22.4. The molecule has 208 valence electrons. The molecule has 2 N–H and O–H groups in total. The number of nitrogens with one attached hydrogen (secondary N) is 1. The minimum atomic E-state index is -4.80. The first-order valence-corrected chi connectivity index (χ1v) is 12.8. The van der Waals surface area contributed by atoms with E-state index in [9.17, 15) is 27.9 Å². The van der Waals surface area contributed by atoms with Crippen LogP contribution in [-0.4, -0.2) is 38.2 Å². The van der Waals surface area contributed by atoms with Crippen LogP contribution in [0.1, 0.15) is 51.3 Å². The van der Waals surface area contributed by atoms with Crippen molar-refractivity contribution >= 4 is 34.0 Å². The van der Waals surface area contributed by atoms with Gasteiger partial charge in [-0.25, -0.2) is 9.78 Å². The minimum absolute atomic E-state index is 0.0173. The molecule has 4 aromatic rings. The number of carbonyl (C=O) groups is 2. The smallest absolute Gasteiger partial charge is 0.421 e. The van der Waals surface area contributed by atoms with Crippen molar-refractivity contribution in [2.45, 2.75) is 39.5 Å². The summed E-state index contributed by atoms with van der Waals surface area (Å²) in [5.41, 5.74) is 1.63. The van der Waals surface area contributed by atoms with Gasteiger partial charge in [0.2, 0.25) is 11.0 Å². The Morgan fingerprint density at radius 2 is 1.85 bits per heavy atom. The monoisotopic (exact) mass is 571 g/mol. The number of pyridine rings is 1. The number of amides is 1. The Morgan fingerprint density at radius 1 is 1.12 bits per heavy atom. The molecule has 0 fully saturated rings. The van der Waals surface area contributed by atoms with E-state index in [0.29, 0.717) is 10.7 Å². The fourth-order valence-corrected chi connectivity index (χ4v) is 4.28. The Labute approximate surface area is 231 Å². The third-order valence-electron chi connectivity index (χ3n) is 5.72. The predicted octanol–water partition coefficient (Wildman–Crippen LogP) is 6.42. The number of alkyl halides is 3. The Bertz CT molecular complexity index is 1510. The number of aryl methyl sites for hydroxylation is 1. The summed E-state index contributed by atoms with van der Waals surface area (Å²) >= 11 is 1.19. The molecule has 0 saturated carbocycles. The molecule has 2 aromatic heterocycles. The average molecular weight is 572 g/mol. The largest absolute Gasteiger partial charge is 0.478 e. The van der Waals surface area contributed by atoms with Gasteiger partial charge >= 0.3 is 12.1 Å². The zero-order chi connectivity index (χ0) is 29.0. The number of carbonyl (C=O) groups excluding carboxylic acids is 1. The summed E-state index contributed by atoms with van der Waals surface area (Å²) < 4.78 is 47.1. The second kappa shape index (κ2) is 11.7. The third kappa shape index (κ3) is 6.54. The van der Waals surface area contributed by atoms with Gasteiger partial charge in [-0.3, -0.25) is 4.79 Å². The number of carboxylic acid groups (broad SMARTS) is 1. The molecular formula is C27H24F3N5O4S. The topological polar surface area (TPSA) is 118 Å². The zero-order valence-electron chi connectivity index (χ0n) is 21.6. The molecular weight excluding hydrogens is 547 g/mol. The van der Waals surface area contributed by atoms with Gasteiger partial charge in [-0.15, -0.1) is 10.2 Å². The Hall–Kier alpha value is -4.52. The van der Waals surface area contributed by atoms with Crippen LogP contribution in [0.2, 0.25) is 0 Å². The Kier molecular flexibility index (Phi) is 8.33. The molecule has 0 atom stereocenters. The van der Waals surface area contributed by atoms with Crippen molar-refractivity contribution in [1.29, 1.82) is 0 Å². The first-order valence-electron chi connectivity index (χ1n) is 12.0. The Morgan fingerprint density at radius 3 is 2.45 bits per heavy atom. The van der Waals surface area contributed by atoms with Gasteiger partial charge in [0.15, 0.2) is 0 Å². The molecule has 40 heavy (non-hydrogen) atoms. The first kappa shape index (κ1) is 28.5. The number of benzene rings is 2. The SMILES string of the molecule is Cc1ccc(C(=O)N(c2ccc(Oc3ncc(CNc4nncs4)cc3C(F)(F)F)cc2C(=O)O)C(C)C)cc1. The van der Waals surface area contributed by atoms with Gasteiger partial charge in [-0.1, -0.05) is 29.0 Å². The quantitative estimate of drug-likeness (QED) is 0.236. The number of nitrogens with zero attached hydrogens (tertiary/aromatic N) is 4. The number of carboxylic acids is 1. The van der Waals surface area contributed by atoms with E-state index in [1.165, 1.54) is 40.1 Å². The van der Waals surface area contributed by atoms with Crippen molar-refractivity contribution in [3.63, 3.8) is 0 Å². The van der Waals surface area contributed by atoms with Gasteiger partial charge in [0, 0.05) is 24.3 Å². The van der Waals surface area contributed by atoms with E-state index in [1.807, 2.05) is 6.92 Å². The maximum absolute atomic E-state index is 13.9. The normalized spacial score (nSPS) is 11.4. The molecule has 0 aliphatic rings. The van der Waals surface area contributed by atoms with Crippen LogP contribution >= 0.6 is 11.3 Å². The van der Waals surface area contributed by atoms with Gasteiger partial charge in [-0.05, 0) is 62.7 Å². The van der Waals surface area contributed by atoms with Crippen LogP contribution in [0, 0.1) is 6.92 Å². The van der Waals surface area contributed by atoms with Crippen LogP contribution in [0.4, 0.5) is 24.0 Å². The third-order valence-corrected chi connectivity index (χ3v) is 6.37. The fraction of sp³-hybridized carbons (Fsp3) is 0.222. The summed E-state index contributed by atoms with van der Waals surface area (Å²) in [5.74, 6) is -2.74. The number of aromatic carboxylic acids is 1. The summed E-state index contributed by atoms with van der Waals surface area (Å²) in [7, 11) is 0. The van der Waals surface area contributed by atoms with E-state index in [-0.39, 0.29) is 29.1 Å². The number of halogens is 3. The van der Waals surface area contributed by atoms with E-state index in [4.69, 9.17) is 4.74 Å². The predicted molar refractivity (Wildman–Crippen MR) is 143 cm³/mol. The number of ether oxygens (including phenoxy) is 1. The summed E-state index contributed by atoms with van der Waals surface area (Å²) in [6.07, 6.45) is -3.59. The molecule has 2 heterocycles. The van der Waals surface area contributed by atoms with Gasteiger partial charge in [0.25, 0.3) is 5.91 Å². The van der Waals surface area contributed by atoms with Gasteiger partial charge in [0.1, 0.15) is 16.8 Å². The van der Waals surface area contributed by atoms with Crippen molar-refractivity contribution in [3.8, 4) is 11.6 Å². The molecule has 0 aliphatic carbocycles. The van der Waals surface area contributed by atoms with Crippen molar-refractivity contribution in [3.05, 3.63) is 88.1 Å². The number of anilines is 2. The van der Waals surface area contributed by atoms with E-state index in [2.05, 4.69) is 20.5 Å². The standard InChI is InChI=1S/C27H24F3N5O4S/c1-15(2)35(24(36)18-6-4-16(3)5-7-18)22-9-8-19(11-20(22)25(37)38)39-23-21(27(28,29)30)10-17(12-31-23)13-32-26-34-33-14-40-26/h4-12,14-15H,13H2,1-3H3,(H,32,34)(H,37,38). The highest BCUT2D eigenvalue weighted by Gasteiger charge is 2.36. The van der Waals surface area contributed by atoms with Crippen LogP contribution in [-0.2, 0) is 12.7 Å². The highest BCUT2D eigenvalue weighted by atomic mass is 32.1. The average Bonchev–Trinajstić information content (AvgIpc) is 3.42. The number of hydrogen-bond donors (Lipinski definition) is 2. The van der Waals surface area contributed by atoms with Crippen LogP contribution < -0.4 is 15.0 Å². The van der Waals surface area contributed by atoms with Gasteiger partial charge in [-0.2, -0.15) is 13.2 Å². The highest BCUT2D eigenvalue weighted by molar-refractivity contribution is 7.13. The van der Waals surface area contributed by atoms with Crippen LogP contribution in [0.25, 0.3) is 0 Å². The summed E-state index contributed by atoms with van der Waals surface area (Å²) in [5, 5.41) is 20.7. The molecule has 13 heteroatoms. The molecule has 1 amide bonds. The molecule has 9 nitrogen and oxygen atoms in total. The van der Waals surface area contributed by atoms with Crippen molar-refractivity contribution in [1.82, 2.24) is 15.2 Å². The van der Waals surface area contributed by atoms with Crippen molar-refractivity contribution < 1.29 is 32.6 Å². The number of hydrogen-bond acceptors (Lipinski definition) is 8. The molecule has 0 aliphatic heterocycles. The van der Waals surface area contributed by atoms with E-state index in [1.54, 1.807) is 38.1 Å². The van der Waals surface area contributed by atoms with Crippen molar-refractivity contribution in [2.24, 2.45) is 0 Å². The molecule has 0 radical (unpaired) electrons. The van der Waals surface area contributed by atoms with Gasteiger partial charge < -0.3 is 20.1 Å². The molecule has 0 bridgehead atoms. The van der Waals surface area contributed by atoms with Crippen LogP contribution in [0.3, 0.4) is 0 Å². The van der Waals surface area contributed by atoms with Crippen molar-refractivity contribution in [2.75, 3.05) is 10.2 Å². The lowest BCUT2D eigenvalue weighted by molar-refractivity contribution is -0.138.